The summed E-state index contributed by atoms with van der Waals surface area (Å²) in [6.45, 7) is 4.99. The van der Waals surface area contributed by atoms with Gasteiger partial charge in [0.05, 0.1) is 17.8 Å². The molecule has 2 fully saturated rings. The number of allylic oxidation sites excluding steroid dienone is 4. The van der Waals surface area contributed by atoms with E-state index in [4.69, 9.17) is 4.74 Å². The fraction of sp³-hybridized carbons (Fsp3) is 0.762. The molecule has 4 aliphatic rings. The van der Waals surface area contributed by atoms with Gasteiger partial charge in [-0.1, -0.05) is 13.0 Å². The van der Waals surface area contributed by atoms with Crippen LogP contribution in [0.15, 0.2) is 23.5 Å². The van der Waals surface area contributed by atoms with Crippen LogP contribution in [0, 0.1) is 28.6 Å². The molecule has 4 heteroatoms. The minimum atomic E-state index is -2.51. The molecule has 0 aromatic carbocycles. The van der Waals surface area contributed by atoms with Crippen LogP contribution in [0.4, 0.5) is 8.78 Å². The number of rotatable bonds is 3. The molecule has 0 spiro atoms. The Bertz CT molecular complexity index is 638. The lowest BCUT2D eigenvalue weighted by atomic mass is 9.48. The highest BCUT2D eigenvalue weighted by atomic mass is 19.3. The summed E-state index contributed by atoms with van der Waals surface area (Å²) >= 11 is 0. The summed E-state index contributed by atoms with van der Waals surface area (Å²) in [6, 6.07) is 0. The Kier molecular flexibility index (Phi) is 4.08. The largest absolute Gasteiger partial charge is 0.498 e. The first kappa shape index (κ1) is 17.2. The van der Waals surface area contributed by atoms with Crippen molar-refractivity contribution in [3.05, 3.63) is 23.5 Å². The molecule has 5 atom stereocenters. The SMILES string of the molecule is CCOC1=CC2=CC[C@@H]3[C@H](CC[C@]4(C(F)F)C(=O)CC[C@@H]34)[C@@]2(C)CC1. The molecule has 0 aliphatic heterocycles. The minimum Gasteiger partial charge on any atom is -0.498 e. The molecule has 0 bridgehead atoms. The van der Waals surface area contributed by atoms with Crippen molar-refractivity contribution < 1.29 is 18.3 Å². The molecule has 0 amide bonds. The maximum absolute atomic E-state index is 14.0. The van der Waals surface area contributed by atoms with Gasteiger partial charge >= 0.3 is 0 Å². The molecular formula is C21H28F2O2. The Morgan fingerprint density at radius 3 is 2.76 bits per heavy atom. The van der Waals surface area contributed by atoms with Gasteiger partial charge in [-0.2, -0.15) is 0 Å². The molecule has 4 rings (SSSR count). The summed E-state index contributed by atoms with van der Waals surface area (Å²) in [7, 11) is 0. The maximum Gasteiger partial charge on any atom is 0.251 e. The number of ether oxygens (including phenoxy) is 1. The van der Waals surface area contributed by atoms with Gasteiger partial charge in [-0.15, -0.1) is 0 Å². The molecule has 0 radical (unpaired) electrons. The van der Waals surface area contributed by atoms with Crippen LogP contribution in [-0.4, -0.2) is 18.8 Å². The predicted octanol–water partition coefficient (Wildman–Crippen LogP) is 5.29. The zero-order valence-corrected chi connectivity index (χ0v) is 15.2. The molecule has 0 aromatic heterocycles. The highest BCUT2D eigenvalue weighted by Crippen LogP contribution is 2.65. The number of hydrogen-bond acceptors (Lipinski definition) is 2. The smallest absolute Gasteiger partial charge is 0.251 e. The maximum atomic E-state index is 14.0. The van der Waals surface area contributed by atoms with Crippen LogP contribution in [0.2, 0.25) is 0 Å². The molecule has 0 heterocycles. The van der Waals surface area contributed by atoms with Gasteiger partial charge in [0.25, 0.3) is 6.43 Å². The second-order valence-electron chi connectivity index (χ2n) is 8.57. The average Bonchev–Trinajstić information content (AvgIpc) is 2.94. The quantitative estimate of drug-likeness (QED) is 0.691. The third kappa shape index (κ3) is 2.28. The lowest BCUT2D eigenvalue weighted by Gasteiger charge is -2.56. The molecule has 0 aromatic rings. The van der Waals surface area contributed by atoms with E-state index in [-0.39, 0.29) is 23.0 Å². The zero-order valence-electron chi connectivity index (χ0n) is 15.2. The normalized spacial score (nSPS) is 43.1. The van der Waals surface area contributed by atoms with Crippen LogP contribution >= 0.6 is 0 Å². The first-order chi connectivity index (χ1) is 11.9. The number of alkyl halides is 2. The average molecular weight is 350 g/mol. The first-order valence-electron chi connectivity index (χ1n) is 9.79. The molecule has 4 aliphatic carbocycles. The van der Waals surface area contributed by atoms with E-state index in [0.717, 1.165) is 31.4 Å². The third-order valence-electron chi connectivity index (χ3n) is 7.78. The van der Waals surface area contributed by atoms with Crippen LogP contribution < -0.4 is 0 Å². The van der Waals surface area contributed by atoms with E-state index >= 15 is 0 Å². The van der Waals surface area contributed by atoms with E-state index in [9.17, 15) is 13.6 Å². The molecule has 0 saturated heterocycles. The van der Waals surface area contributed by atoms with E-state index < -0.39 is 11.8 Å². The van der Waals surface area contributed by atoms with Crippen molar-refractivity contribution in [2.45, 2.75) is 65.2 Å². The van der Waals surface area contributed by atoms with Gasteiger partial charge < -0.3 is 4.74 Å². The zero-order chi connectivity index (χ0) is 17.8. The van der Waals surface area contributed by atoms with Crippen molar-refractivity contribution in [3.8, 4) is 0 Å². The minimum absolute atomic E-state index is 0.0451. The van der Waals surface area contributed by atoms with Crippen LogP contribution in [-0.2, 0) is 9.53 Å². The number of ketones is 1. The number of halogens is 2. The third-order valence-corrected chi connectivity index (χ3v) is 7.78. The lowest BCUT2D eigenvalue weighted by molar-refractivity contribution is -0.151. The number of carbonyl (C=O) groups is 1. The monoisotopic (exact) mass is 350 g/mol. The summed E-state index contributed by atoms with van der Waals surface area (Å²) in [5, 5.41) is 0. The molecule has 138 valence electrons. The van der Waals surface area contributed by atoms with Gasteiger partial charge in [0.1, 0.15) is 5.78 Å². The van der Waals surface area contributed by atoms with Gasteiger partial charge in [-0.05, 0) is 73.8 Å². The highest BCUT2D eigenvalue weighted by molar-refractivity contribution is 5.88. The number of fused-ring (bicyclic) bond motifs is 5. The van der Waals surface area contributed by atoms with E-state index in [0.29, 0.717) is 31.8 Å². The Hall–Kier alpha value is -1.19. The van der Waals surface area contributed by atoms with E-state index in [1.165, 1.54) is 5.57 Å². The fourth-order valence-electron chi connectivity index (χ4n) is 6.50. The highest BCUT2D eigenvalue weighted by Gasteiger charge is 2.63. The van der Waals surface area contributed by atoms with Gasteiger partial charge in [0.15, 0.2) is 0 Å². The Balaban J connectivity index is 1.69. The Morgan fingerprint density at radius 2 is 2.04 bits per heavy atom. The first-order valence-corrected chi connectivity index (χ1v) is 9.79. The lowest BCUT2D eigenvalue weighted by Crippen LogP contribution is -2.53. The van der Waals surface area contributed by atoms with Crippen molar-refractivity contribution in [1.29, 1.82) is 0 Å². The van der Waals surface area contributed by atoms with Crippen LogP contribution in [0.25, 0.3) is 0 Å². The standard InChI is InChI=1S/C21H28F2O2/c1-3-25-14-8-10-20(2)13(12-14)4-5-15-16(20)9-11-21(19(22)23)17(15)6-7-18(21)24/h4,12,15-17,19H,3,5-11H2,1-2H3/t15-,16+,17+,20+,21-/m1/s1. The van der Waals surface area contributed by atoms with Crippen LogP contribution in [0.1, 0.15) is 58.8 Å². The second kappa shape index (κ2) is 5.92. The van der Waals surface area contributed by atoms with Gasteiger partial charge in [0, 0.05) is 12.8 Å². The van der Waals surface area contributed by atoms with Gasteiger partial charge in [-0.25, -0.2) is 8.78 Å². The summed E-state index contributed by atoms with van der Waals surface area (Å²) in [4.78, 5) is 12.4. The topological polar surface area (TPSA) is 26.3 Å². The Morgan fingerprint density at radius 1 is 1.24 bits per heavy atom. The Labute approximate surface area is 148 Å². The van der Waals surface area contributed by atoms with Crippen molar-refractivity contribution >= 4 is 5.78 Å². The molecule has 2 nitrogen and oxygen atoms in total. The van der Waals surface area contributed by atoms with Gasteiger partial charge in [0.2, 0.25) is 0 Å². The van der Waals surface area contributed by atoms with Gasteiger partial charge in [-0.3, -0.25) is 4.79 Å². The van der Waals surface area contributed by atoms with Crippen LogP contribution in [0.3, 0.4) is 0 Å². The van der Waals surface area contributed by atoms with E-state index in [1.54, 1.807) is 0 Å². The van der Waals surface area contributed by atoms with E-state index in [1.807, 2.05) is 6.92 Å². The number of carbonyl (C=O) groups excluding carboxylic acids is 1. The van der Waals surface area contributed by atoms with Crippen molar-refractivity contribution in [2.75, 3.05) is 6.61 Å². The van der Waals surface area contributed by atoms with Crippen LogP contribution in [0.5, 0.6) is 0 Å². The fourth-order valence-corrected chi connectivity index (χ4v) is 6.50. The van der Waals surface area contributed by atoms with E-state index in [2.05, 4.69) is 19.1 Å². The molecule has 2 saturated carbocycles. The van der Waals surface area contributed by atoms with Crippen molar-refractivity contribution in [3.63, 3.8) is 0 Å². The molecule has 0 unspecified atom stereocenters. The number of Topliss-reactive ketones (excluding diaryl/α,β-unsaturated/α-hetero) is 1. The van der Waals surface area contributed by atoms with Crippen molar-refractivity contribution in [1.82, 2.24) is 0 Å². The summed E-state index contributed by atoms with van der Waals surface area (Å²) in [5.41, 5.74) is 0.0325. The van der Waals surface area contributed by atoms with Crippen molar-refractivity contribution in [2.24, 2.45) is 28.6 Å². The molecular weight excluding hydrogens is 322 g/mol. The summed E-state index contributed by atoms with van der Waals surface area (Å²) < 4.78 is 33.7. The predicted molar refractivity (Wildman–Crippen MR) is 92.1 cm³/mol. The number of hydrogen-bond donors (Lipinski definition) is 0. The summed E-state index contributed by atoms with van der Waals surface area (Å²) in [6.07, 6.45) is 6.84. The second-order valence-corrected chi connectivity index (χ2v) is 8.57. The summed E-state index contributed by atoms with van der Waals surface area (Å²) in [5.74, 6) is 1.39. The molecule has 25 heavy (non-hydrogen) atoms. The molecule has 0 N–H and O–H groups in total.